The van der Waals surface area contributed by atoms with Crippen LogP contribution < -0.4 is 6.15 Å². The smallest absolute Gasteiger partial charge is 0.0487 e. The monoisotopic (exact) mass is 381 g/mol. The maximum Gasteiger partial charge on any atom is 0.0487 e. The molecular formula is C24H44ClN. The highest BCUT2D eigenvalue weighted by atomic mass is 35.5. The van der Waals surface area contributed by atoms with Crippen molar-refractivity contribution in [3.63, 3.8) is 0 Å². The first-order valence-electron chi connectivity index (χ1n) is 10.9. The quantitative estimate of drug-likeness (QED) is 0.225. The second-order valence-corrected chi connectivity index (χ2v) is 8.65. The summed E-state index contributed by atoms with van der Waals surface area (Å²) in [5.41, 5.74) is 1.40. The van der Waals surface area contributed by atoms with Crippen LogP contribution in [0.1, 0.15) is 109 Å². The Hall–Kier alpha value is -0.530. The SMILES string of the molecule is CCCCCCCCCCC(Cl)(CCCCCC)Cc1ccccc1.N. The van der Waals surface area contributed by atoms with Crippen molar-refractivity contribution in [2.75, 3.05) is 0 Å². The summed E-state index contributed by atoms with van der Waals surface area (Å²) in [6.45, 7) is 4.56. The molecule has 0 saturated carbocycles. The van der Waals surface area contributed by atoms with Crippen LogP contribution in [-0.2, 0) is 6.42 Å². The van der Waals surface area contributed by atoms with E-state index in [4.69, 9.17) is 11.6 Å². The van der Waals surface area contributed by atoms with Crippen molar-refractivity contribution in [3.8, 4) is 0 Å². The normalized spacial score (nSPS) is 13.2. The van der Waals surface area contributed by atoms with E-state index in [1.54, 1.807) is 0 Å². The van der Waals surface area contributed by atoms with Crippen molar-refractivity contribution < 1.29 is 0 Å². The number of benzene rings is 1. The molecular weight excluding hydrogens is 338 g/mol. The molecule has 152 valence electrons. The molecule has 1 rings (SSSR count). The van der Waals surface area contributed by atoms with Gasteiger partial charge in [0.2, 0.25) is 0 Å². The van der Waals surface area contributed by atoms with Gasteiger partial charge in [-0.15, -0.1) is 11.6 Å². The van der Waals surface area contributed by atoms with Crippen LogP contribution in [0.15, 0.2) is 30.3 Å². The van der Waals surface area contributed by atoms with Crippen LogP contribution in [0.5, 0.6) is 0 Å². The molecule has 1 atom stereocenters. The fourth-order valence-corrected chi connectivity index (χ4v) is 4.13. The van der Waals surface area contributed by atoms with Gasteiger partial charge in [-0.1, -0.05) is 121 Å². The van der Waals surface area contributed by atoms with Crippen molar-refractivity contribution in [1.82, 2.24) is 6.15 Å². The van der Waals surface area contributed by atoms with E-state index in [9.17, 15) is 0 Å². The highest BCUT2D eigenvalue weighted by Crippen LogP contribution is 2.33. The van der Waals surface area contributed by atoms with Crippen LogP contribution in [0.3, 0.4) is 0 Å². The topological polar surface area (TPSA) is 35.0 Å². The van der Waals surface area contributed by atoms with Crippen molar-refractivity contribution in [3.05, 3.63) is 35.9 Å². The molecule has 1 unspecified atom stereocenters. The van der Waals surface area contributed by atoms with Gasteiger partial charge in [-0.3, -0.25) is 0 Å². The molecule has 1 nitrogen and oxygen atoms in total. The summed E-state index contributed by atoms with van der Waals surface area (Å²) in [7, 11) is 0. The van der Waals surface area contributed by atoms with Crippen molar-refractivity contribution in [1.29, 1.82) is 0 Å². The summed E-state index contributed by atoms with van der Waals surface area (Å²) in [4.78, 5) is -0.0305. The second-order valence-electron chi connectivity index (χ2n) is 7.85. The zero-order valence-electron chi connectivity index (χ0n) is 17.6. The van der Waals surface area contributed by atoms with Crippen LogP contribution in [0.2, 0.25) is 0 Å². The Morgan fingerprint density at radius 1 is 0.654 bits per heavy atom. The Morgan fingerprint density at radius 2 is 1.08 bits per heavy atom. The van der Waals surface area contributed by atoms with Crippen LogP contribution >= 0.6 is 11.6 Å². The van der Waals surface area contributed by atoms with Gasteiger partial charge in [0.1, 0.15) is 0 Å². The predicted molar refractivity (Wildman–Crippen MR) is 120 cm³/mol. The molecule has 0 aliphatic heterocycles. The molecule has 0 fully saturated rings. The molecule has 0 radical (unpaired) electrons. The molecule has 0 saturated heterocycles. The zero-order chi connectivity index (χ0) is 18.2. The molecule has 0 aliphatic carbocycles. The Balaban J connectivity index is 0.00000625. The zero-order valence-corrected chi connectivity index (χ0v) is 18.3. The van der Waals surface area contributed by atoms with E-state index in [0.717, 1.165) is 6.42 Å². The van der Waals surface area contributed by atoms with Gasteiger partial charge in [0.15, 0.2) is 0 Å². The first kappa shape index (κ1) is 25.5. The van der Waals surface area contributed by atoms with Gasteiger partial charge >= 0.3 is 0 Å². The number of rotatable bonds is 16. The van der Waals surface area contributed by atoms with Crippen LogP contribution in [-0.4, -0.2) is 4.87 Å². The molecule has 1 aromatic carbocycles. The van der Waals surface area contributed by atoms with Crippen LogP contribution in [0.4, 0.5) is 0 Å². The lowest BCUT2D eigenvalue weighted by molar-refractivity contribution is 0.432. The number of hydrogen-bond acceptors (Lipinski definition) is 1. The first-order valence-corrected chi connectivity index (χ1v) is 11.3. The fraction of sp³-hybridized carbons (Fsp3) is 0.750. The molecule has 26 heavy (non-hydrogen) atoms. The predicted octanol–water partition coefficient (Wildman–Crippen LogP) is 8.87. The maximum absolute atomic E-state index is 7.13. The summed E-state index contributed by atoms with van der Waals surface area (Å²) in [6.07, 6.45) is 19.6. The number of alkyl halides is 1. The lowest BCUT2D eigenvalue weighted by Crippen LogP contribution is -2.24. The molecule has 0 bridgehead atoms. The Morgan fingerprint density at radius 3 is 1.58 bits per heavy atom. The number of hydrogen-bond donors (Lipinski definition) is 1. The van der Waals surface area contributed by atoms with E-state index in [1.807, 2.05) is 0 Å². The lowest BCUT2D eigenvalue weighted by atomic mass is 9.88. The van der Waals surface area contributed by atoms with Gasteiger partial charge in [-0.2, -0.15) is 0 Å². The average Bonchev–Trinajstić information content (AvgIpc) is 2.62. The van der Waals surface area contributed by atoms with E-state index >= 15 is 0 Å². The highest BCUT2D eigenvalue weighted by molar-refractivity contribution is 6.24. The van der Waals surface area contributed by atoms with Gasteiger partial charge in [-0.05, 0) is 24.8 Å². The van der Waals surface area contributed by atoms with Gasteiger partial charge in [0.25, 0.3) is 0 Å². The van der Waals surface area contributed by atoms with Crippen LogP contribution in [0, 0.1) is 0 Å². The molecule has 0 amide bonds. The molecule has 3 N–H and O–H groups in total. The maximum atomic E-state index is 7.13. The molecule has 1 aromatic rings. The van der Waals surface area contributed by atoms with Gasteiger partial charge in [-0.25, -0.2) is 0 Å². The summed E-state index contributed by atoms with van der Waals surface area (Å²) in [5, 5.41) is 0. The Bertz CT molecular complexity index is 406. The third-order valence-electron chi connectivity index (χ3n) is 5.32. The van der Waals surface area contributed by atoms with E-state index in [-0.39, 0.29) is 11.0 Å². The number of unbranched alkanes of at least 4 members (excludes halogenated alkanes) is 10. The Kier molecular flexibility index (Phi) is 16.3. The van der Waals surface area contributed by atoms with Crippen molar-refractivity contribution >= 4 is 11.6 Å². The summed E-state index contributed by atoms with van der Waals surface area (Å²) in [6, 6.07) is 10.8. The van der Waals surface area contributed by atoms with Gasteiger partial charge < -0.3 is 6.15 Å². The first-order chi connectivity index (χ1) is 12.2. The molecule has 0 aromatic heterocycles. The number of halogens is 1. The standard InChI is InChI=1S/C24H41Cl.H3N/c1-3-5-7-9-10-11-12-17-21-24(25,20-16-8-6-4-2)22-23-18-14-13-15-19-23;/h13-15,18-19H,3-12,16-17,20-22H2,1-2H3;1H3. The van der Waals surface area contributed by atoms with Crippen LogP contribution in [0.25, 0.3) is 0 Å². The molecule has 2 heteroatoms. The van der Waals surface area contributed by atoms with Crippen molar-refractivity contribution in [2.24, 2.45) is 0 Å². The molecule has 0 heterocycles. The van der Waals surface area contributed by atoms with Gasteiger partial charge in [0, 0.05) is 4.87 Å². The lowest BCUT2D eigenvalue weighted by Gasteiger charge is -2.27. The summed E-state index contributed by atoms with van der Waals surface area (Å²) in [5.74, 6) is 0. The minimum Gasteiger partial charge on any atom is -0.344 e. The minimum absolute atomic E-state index is 0. The fourth-order valence-electron chi connectivity index (χ4n) is 3.71. The van der Waals surface area contributed by atoms with E-state index in [2.05, 4.69) is 44.2 Å². The summed E-state index contributed by atoms with van der Waals surface area (Å²) >= 11 is 7.13. The molecule has 0 spiro atoms. The highest BCUT2D eigenvalue weighted by Gasteiger charge is 2.26. The Labute approximate surface area is 168 Å². The second kappa shape index (κ2) is 16.6. The van der Waals surface area contributed by atoms with E-state index < -0.39 is 0 Å². The third kappa shape index (κ3) is 12.8. The van der Waals surface area contributed by atoms with E-state index in [0.29, 0.717) is 0 Å². The largest absolute Gasteiger partial charge is 0.344 e. The van der Waals surface area contributed by atoms with Crippen molar-refractivity contribution in [2.45, 2.75) is 115 Å². The van der Waals surface area contributed by atoms with E-state index in [1.165, 1.54) is 95.5 Å². The summed E-state index contributed by atoms with van der Waals surface area (Å²) < 4.78 is 0. The average molecular weight is 382 g/mol. The third-order valence-corrected chi connectivity index (χ3v) is 5.83. The van der Waals surface area contributed by atoms with Gasteiger partial charge in [0.05, 0.1) is 0 Å². The minimum atomic E-state index is -0.0305. The molecule has 0 aliphatic rings.